The Morgan fingerprint density at radius 3 is 1.01 bits per heavy atom. The molecule has 0 bridgehead atoms. The number of nitrogens with zero attached hydrogens (tertiary/aromatic N) is 7. The number of hydrogen-bond donors (Lipinski definition) is 0. The third-order valence-corrected chi connectivity index (χ3v) is 19.6. The maximum atomic E-state index is 5.84. The van der Waals surface area contributed by atoms with E-state index in [0.717, 1.165) is 79.3 Å². The van der Waals surface area contributed by atoms with E-state index >= 15 is 0 Å². The van der Waals surface area contributed by atoms with Crippen LogP contribution in [0.25, 0.3) is 176 Å². The molecule has 1 atom stereocenters. The van der Waals surface area contributed by atoms with Gasteiger partial charge in [-0.3, -0.25) is 4.57 Å². The molecular formula is C84H55N7. The fourth-order valence-corrected chi connectivity index (χ4v) is 16.0. The van der Waals surface area contributed by atoms with Crippen LogP contribution >= 0.6 is 0 Å². The van der Waals surface area contributed by atoms with Crippen LogP contribution < -0.4 is 0 Å². The van der Waals surface area contributed by atoms with Gasteiger partial charge < -0.3 is 22.8 Å². The summed E-state index contributed by atoms with van der Waals surface area (Å²) in [6.07, 6.45) is 8.09. The zero-order chi connectivity index (χ0) is 59.6. The highest BCUT2D eigenvalue weighted by atomic mass is 15.1. The van der Waals surface area contributed by atoms with E-state index in [4.69, 9.17) is 4.98 Å². The van der Waals surface area contributed by atoms with Gasteiger partial charge in [-0.15, -0.1) is 0 Å². The second-order valence-corrected chi connectivity index (χ2v) is 24.7. The van der Waals surface area contributed by atoms with Gasteiger partial charge in [0.2, 0.25) is 0 Å². The number of para-hydroxylation sites is 8. The maximum Gasteiger partial charge on any atom is 0.138 e. The van der Waals surface area contributed by atoms with Crippen molar-refractivity contribution in [1.82, 2.24) is 32.4 Å². The van der Waals surface area contributed by atoms with Crippen LogP contribution in [0.1, 0.15) is 13.3 Å². The topological polar surface area (TPSA) is 42.5 Å². The number of allylic oxidation sites excluding steroid dienone is 4. The van der Waals surface area contributed by atoms with Gasteiger partial charge in [0.25, 0.3) is 0 Å². The Morgan fingerprint density at radius 2 is 0.615 bits per heavy atom. The first-order chi connectivity index (χ1) is 45.1. The van der Waals surface area contributed by atoms with Crippen molar-refractivity contribution < 1.29 is 0 Å². The number of rotatable bonds is 7. The molecule has 91 heavy (non-hydrogen) atoms. The lowest BCUT2D eigenvalue weighted by Crippen LogP contribution is -2.02. The fraction of sp³-hybridized carbons (Fsp3) is 0.0357. The lowest BCUT2D eigenvalue weighted by atomic mass is 10.0. The summed E-state index contributed by atoms with van der Waals surface area (Å²) in [7, 11) is 0. The molecule has 1 aliphatic rings. The second-order valence-electron chi connectivity index (χ2n) is 24.7. The average Bonchev–Trinajstić information content (AvgIpc) is 1.57. The summed E-state index contributed by atoms with van der Waals surface area (Å²) >= 11 is 0. The van der Waals surface area contributed by atoms with E-state index in [-0.39, 0.29) is 0 Å². The van der Waals surface area contributed by atoms with Crippen molar-refractivity contribution in [3.63, 3.8) is 0 Å². The Morgan fingerprint density at radius 1 is 0.286 bits per heavy atom. The SMILES string of the molecule is CC1C=C(n2c3ccccc3c3c4c5ccccc5n(-c5cccc(-c6cc(-n7c8ccccc8c8c9c%10ccccc%10n(-c%10ccccc%10)c9ccc87)cc(-n7c8ccccc8c8c9c%10ccccc%10n(-c%10ccccc%10)c9ccc87)c6)n5)c4ccc32)C=CC1. The van der Waals surface area contributed by atoms with Crippen LogP contribution in [0.15, 0.2) is 297 Å². The van der Waals surface area contributed by atoms with Crippen molar-refractivity contribution in [2.75, 3.05) is 0 Å². The van der Waals surface area contributed by atoms with Crippen molar-refractivity contribution in [3.05, 3.63) is 297 Å². The summed E-state index contributed by atoms with van der Waals surface area (Å²) in [6, 6.07) is 103. The predicted molar refractivity (Wildman–Crippen MR) is 382 cm³/mol. The van der Waals surface area contributed by atoms with E-state index < -0.39 is 0 Å². The molecular weight excluding hydrogens is 1110 g/mol. The van der Waals surface area contributed by atoms with Crippen LogP contribution in [0.2, 0.25) is 0 Å². The molecule has 426 valence electrons. The minimum absolute atomic E-state index is 0.455. The summed E-state index contributed by atoms with van der Waals surface area (Å²) in [5.41, 5.74) is 21.3. The average molecular weight is 1160 g/mol. The number of hydrogen-bond acceptors (Lipinski definition) is 1. The Hall–Kier alpha value is -11.9. The van der Waals surface area contributed by atoms with Gasteiger partial charge in [-0.2, -0.15) is 0 Å². The third kappa shape index (κ3) is 7.05. The third-order valence-electron chi connectivity index (χ3n) is 19.6. The van der Waals surface area contributed by atoms with Gasteiger partial charge in [-0.25, -0.2) is 4.98 Å². The first-order valence-corrected chi connectivity index (χ1v) is 31.6. The zero-order valence-corrected chi connectivity index (χ0v) is 49.7. The van der Waals surface area contributed by atoms with E-state index in [0.29, 0.717) is 5.92 Å². The number of benzene rings is 12. The zero-order valence-electron chi connectivity index (χ0n) is 49.7. The van der Waals surface area contributed by atoms with Gasteiger partial charge in [-0.05, 0) is 146 Å². The van der Waals surface area contributed by atoms with Crippen LogP contribution in [-0.2, 0) is 0 Å². The number of pyridine rings is 1. The molecule has 7 nitrogen and oxygen atoms in total. The quantitative estimate of drug-likeness (QED) is 0.157. The number of fused-ring (bicyclic) bond motifs is 21. The van der Waals surface area contributed by atoms with E-state index in [1.165, 1.54) is 103 Å². The van der Waals surface area contributed by atoms with Crippen LogP contribution in [0.3, 0.4) is 0 Å². The van der Waals surface area contributed by atoms with Gasteiger partial charge in [0.05, 0.1) is 71.9 Å². The first-order valence-electron chi connectivity index (χ1n) is 31.6. The van der Waals surface area contributed by atoms with Crippen molar-refractivity contribution in [2.24, 2.45) is 5.92 Å². The Labute approximate surface area is 522 Å². The summed E-state index contributed by atoms with van der Waals surface area (Å²) in [5.74, 6) is 1.31. The van der Waals surface area contributed by atoms with Gasteiger partial charge in [0, 0.05) is 98.6 Å². The molecule has 1 unspecified atom stereocenters. The van der Waals surface area contributed by atoms with Crippen molar-refractivity contribution >= 4 is 137 Å². The van der Waals surface area contributed by atoms with Crippen LogP contribution in [0, 0.1) is 5.92 Å². The van der Waals surface area contributed by atoms with E-state index in [2.05, 4.69) is 332 Å². The predicted octanol–water partition coefficient (Wildman–Crippen LogP) is 21.8. The molecule has 0 amide bonds. The minimum atomic E-state index is 0.455. The molecule has 0 fully saturated rings. The summed E-state index contributed by atoms with van der Waals surface area (Å²) in [5, 5.41) is 14.7. The molecule has 0 saturated carbocycles. The maximum absolute atomic E-state index is 5.84. The van der Waals surface area contributed by atoms with Crippen molar-refractivity contribution in [2.45, 2.75) is 13.3 Å². The Balaban J connectivity index is 0.866. The van der Waals surface area contributed by atoms with Gasteiger partial charge in [0.1, 0.15) is 5.82 Å². The highest BCUT2D eigenvalue weighted by Gasteiger charge is 2.26. The highest BCUT2D eigenvalue weighted by Crippen LogP contribution is 2.48. The monoisotopic (exact) mass is 1160 g/mol. The summed E-state index contributed by atoms with van der Waals surface area (Å²) in [6.45, 7) is 2.31. The molecule has 7 aromatic heterocycles. The summed E-state index contributed by atoms with van der Waals surface area (Å²) in [4.78, 5) is 5.84. The normalized spacial score (nSPS) is 13.9. The Kier molecular flexibility index (Phi) is 10.5. The first kappa shape index (κ1) is 50.1. The largest absolute Gasteiger partial charge is 0.310 e. The molecule has 0 radical (unpaired) electrons. The Bertz CT molecular complexity index is 6120. The lowest BCUT2D eigenvalue weighted by molar-refractivity contribution is 0.735. The van der Waals surface area contributed by atoms with Crippen LogP contribution in [-0.4, -0.2) is 32.4 Å². The smallest absolute Gasteiger partial charge is 0.138 e. The molecule has 20 rings (SSSR count). The highest BCUT2D eigenvalue weighted by molar-refractivity contribution is 6.32. The molecule has 0 N–H and O–H groups in total. The van der Waals surface area contributed by atoms with E-state index in [1.807, 2.05) is 0 Å². The number of aromatic nitrogens is 7. The molecule has 0 aliphatic heterocycles. The molecule has 12 aromatic carbocycles. The van der Waals surface area contributed by atoms with E-state index in [1.54, 1.807) is 0 Å². The molecule has 0 spiro atoms. The fourth-order valence-electron chi connectivity index (χ4n) is 16.0. The van der Waals surface area contributed by atoms with Crippen molar-refractivity contribution in [3.8, 4) is 39.8 Å². The van der Waals surface area contributed by atoms with E-state index in [9.17, 15) is 0 Å². The summed E-state index contributed by atoms with van der Waals surface area (Å²) < 4.78 is 14.7. The van der Waals surface area contributed by atoms with Crippen LogP contribution in [0.4, 0.5) is 0 Å². The second kappa shape index (κ2) is 19.0. The molecule has 7 heteroatoms. The minimum Gasteiger partial charge on any atom is -0.310 e. The molecule has 19 aromatic rings. The van der Waals surface area contributed by atoms with Crippen LogP contribution in [0.5, 0.6) is 0 Å². The molecule has 7 heterocycles. The standard InChI is InChI=1S/C84H55N7/c1-52-22-20-27-56(48-52)88-68-37-16-10-30-61(68)81-74(88)46-47-77-84(81)64-33-13-19-40-71(64)91(77)78-41-21-34-65(85-78)53-49-57(89-69-38-17-11-31-62(69)82-75(89)44-42-72-79(82)59-28-8-14-35-66(59)86(72)54-23-4-2-5-24-54)51-58(50-53)90-70-39-18-12-32-63(70)83-76(90)45-43-73-80(83)60-29-9-15-36-67(60)87(73)55-25-6-3-7-26-55/h2-21,23-52H,22H2,1H3. The van der Waals surface area contributed by atoms with Gasteiger partial charge in [-0.1, -0.05) is 171 Å². The molecule has 1 aliphatic carbocycles. The van der Waals surface area contributed by atoms with Gasteiger partial charge in [0.15, 0.2) is 0 Å². The van der Waals surface area contributed by atoms with Gasteiger partial charge >= 0.3 is 0 Å². The lowest BCUT2D eigenvalue weighted by Gasteiger charge is -2.16. The van der Waals surface area contributed by atoms with Crippen molar-refractivity contribution in [1.29, 1.82) is 0 Å². The molecule has 0 saturated heterocycles.